The third-order valence-electron chi connectivity index (χ3n) is 6.10. The van der Waals surface area contributed by atoms with E-state index in [9.17, 15) is 13.2 Å². The van der Waals surface area contributed by atoms with Crippen LogP contribution in [0.25, 0.3) is 0 Å². The van der Waals surface area contributed by atoms with E-state index in [4.69, 9.17) is 4.74 Å². The van der Waals surface area contributed by atoms with Gasteiger partial charge in [-0.05, 0) is 41.8 Å². The molecule has 2 fully saturated rings. The zero-order valence-corrected chi connectivity index (χ0v) is 20.0. The average Bonchev–Trinajstić information content (AvgIpc) is 2.84. The predicted octanol–water partition coefficient (Wildman–Crippen LogP) is 2.49. The number of carbonyl (C=O) groups excluding carboxylic acids is 1. The fourth-order valence-corrected chi connectivity index (χ4v) is 5.18. The molecule has 2 N–H and O–H groups in total. The number of rotatable bonds is 6. The van der Waals surface area contributed by atoms with Crippen LogP contribution in [-0.4, -0.2) is 71.7 Å². The SMILES string of the molecule is CC(C)c1ccc(S(=O)(=O)Nc2cc(C(=O)N3CCOCC3)ccc2N2CCNCC2)cc1. The number of nitrogens with zero attached hydrogens (tertiary/aromatic N) is 2. The quantitative estimate of drug-likeness (QED) is 0.671. The molecule has 0 saturated carbocycles. The Balaban J connectivity index is 1.66. The van der Waals surface area contributed by atoms with Gasteiger partial charge in [-0.3, -0.25) is 9.52 Å². The third-order valence-corrected chi connectivity index (χ3v) is 7.48. The molecule has 0 bridgehead atoms. The van der Waals surface area contributed by atoms with E-state index in [0.717, 1.165) is 37.4 Å². The highest BCUT2D eigenvalue weighted by Gasteiger charge is 2.24. The summed E-state index contributed by atoms with van der Waals surface area (Å²) in [5.74, 6) is 0.198. The molecule has 0 aromatic heterocycles. The maximum Gasteiger partial charge on any atom is 0.261 e. The topological polar surface area (TPSA) is 91.0 Å². The standard InChI is InChI=1S/C24H32N4O4S/c1-18(2)19-3-6-21(7-4-19)33(30,31)26-22-17-20(24(29)28-13-15-32-16-14-28)5-8-23(22)27-11-9-25-10-12-27/h3-8,17-18,25-26H,9-16H2,1-2H3. The number of ether oxygens (including phenoxy) is 1. The van der Waals surface area contributed by atoms with Gasteiger partial charge in [0, 0.05) is 44.8 Å². The van der Waals surface area contributed by atoms with Crippen molar-refractivity contribution in [2.75, 3.05) is 62.1 Å². The van der Waals surface area contributed by atoms with Crippen LogP contribution >= 0.6 is 0 Å². The van der Waals surface area contributed by atoms with Gasteiger partial charge in [-0.1, -0.05) is 26.0 Å². The number of morpholine rings is 1. The molecule has 9 heteroatoms. The van der Waals surface area contributed by atoms with Crippen molar-refractivity contribution >= 4 is 27.3 Å². The first-order valence-electron chi connectivity index (χ1n) is 11.4. The Bertz CT molecular complexity index is 1070. The second-order valence-corrected chi connectivity index (χ2v) is 10.4. The van der Waals surface area contributed by atoms with E-state index in [1.165, 1.54) is 0 Å². The second-order valence-electron chi connectivity index (χ2n) is 8.70. The molecule has 2 aliphatic rings. The normalized spacial score (nSPS) is 17.3. The smallest absolute Gasteiger partial charge is 0.261 e. The Kier molecular flexibility index (Phi) is 7.21. The highest BCUT2D eigenvalue weighted by Crippen LogP contribution is 2.31. The first-order chi connectivity index (χ1) is 15.8. The Hall–Kier alpha value is -2.62. The highest BCUT2D eigenvalue weighted by atomic mass is 32.2. The molecule has 1 amide bonds. The maximum absolute atomic E-state index is 13.2. The number of sulfonamides is 1. The first kappa shape index (κ1) is 23.5. The molecule has 2 aromatic rings. The van der Waals surface area contributed by atoms with Crippen LogP contribution in [0, 0.1) is 0 Å². The summed E-state index contributed by atoms with van der Waals surface area (Å²) in [6.45, 7) is 9.37. The van der Waals surface area contributed by atoms with Crippen molar-refractivity contribution in [2.45, 2.75) is 24.7 Å². The molecule has 2 aromatic carbocycles. The molecule has 0 spiro atoms. The van der Waals surface area contributed by atoms with Crippen molar-refractivity contribution in [1.29, 1.82) is 0 Å². The largest absolute Gasteiger partial charge is 0.378 e. The van der Waals surface area contributed by atoms with Crippen LogP contribution < -0.4 is 14.9 Å². The lowest BCUT2D eigenvalue weighted by Gasteiger charge is -2.32. The van der Waals surface area contributed by atoms with Crippen LogP contribution in [0.3, 0.4) is 0 Å². The minimum Gasteiger partial charge on any atom is -0.378 e. The minimum absolute atomic E-state index is 0.119. The Morgan fingerprint density at radius 1 is 1.00 bits per heavy atom. The van der Waals surface area contributed by atoms with Crippen molar-refractivity contribution < 1.29 is 17.9 Å². The number of benzene rings is 2. The van der Waals surface area contributed by atoms with Crippen LogP contribution in [-0.2, 0) is 14.8 Å². The van der Waals surface area contributed by atoms with Gasteiger partial charge < -0.3 is 19.9 Å². The molecule has 178 valence electrons. The summed E-state index contributed by atoms with van der Waals surface area (Å²) in [7, 11) is -3.82. The van der Waals surface area contributed by atoms with Gasteiger partial charge in [0.15, 0.2) is 0 Å². The minimum atomic E-state index is -3.82. The number of hydrogen-bond donors (Lipinski definition) is 2. The number of hydrogen-bond acceptors (Lipinski definition) is 6. The van der Waals surface area contributed by atoms with Gasteiger partial charge in [0.2, 0.25) is 0 Å². The molecule has 4 rings (SSSR count). The van der Waals surface area contributed by atoms with Gasteiger partial charge in [0.1, 0.15) is 0 Å². The van der Waals surface area contributed by atoms with E-state index in [-0.39, 0.29) is 10.8 Å². The van der Waals surface area contributed by atoms with Crippen LogP contribution in [0.4, 0.5) is 11.4 Å². The number of carbonyl (C=O) groups is 1. The van der Waals surface area contributed by atoms with E-state index in [1.54, 1.807) is 29.2 Å². The predicted molar refractivity (Wildman–Crippen MR) is 130 cm³/mol. The lowest BCUT2D eigenvalue weighted by molar-refractivity contribution is 0.0303. The van der Waals surface area contributed by atoms with Crippen LogP contribution in [0.2, 0.25) is 0 Å². The molecule has 33 heavy (non-hydrogen) atoms. The first-order valence-corrected chi connectivity index (χ1v) is 12.9. The van der Waals surface area contributed by atoms with Crippen molar-refractivity contribution in [2.24, 2.45) is 0 Å². The summed E-state index contributed by atoms with van der Waals surface area (Å²) in [5, 5.41) is 3.31. The molecule has 0 radical (unpaired) electrons. The Morgan fingerprint density at radius 2 is 1.67 bits per heavy atom. The van der Waals surface area contributed by atoms with Gasteiger partial charge in [-0.15, -0.1) is 0 Å². The number of amides is 1. The van der Waals surface area contributed by atoms with E-state index in [2.05, 4.69) is 28.8 Å². The lowest BCUT2D eigenvalue weighted by atomic mass is 10.0. The van der Waals surface area contributed by atoms with Crippen molar-refractivity contribution in [3.8, 4) is 0 Å². The average molecular weight is 473 g/mol. The van der Waals surface area contributed by atoms with E-state index >= 15 is 0 Å². The summed E-state index contributed by atoms with van der Waals surface area (Å²) >= 11 is 0. The molecule has 2 saturated heterocycles. The number of nitrogens with one attached hydrogen (secondary N) is 2. The Labute approximate surface area is 196 Å². The van der Waals surface area contributed by atoms with Gasteiger partial charge in [-0.25, -0.2) is 8.42 Å². The van der Waals surface area contributed by atoms with Crippen LogP contribution in [0.5, 0.6) is 0 Å². The maximum atomic E-state index is 13.2. The van der Waals surface area contributed by atoms with Crippen molar-refractivity contribution in [1.82, 2.24) is 10.2 Å². The highest BCUT2D eigenvalue weighted by molar-refractivity contribution is 7.92. The molecular weight excluding hydrogens is 440 g/mol. The van der Waals surface area contributed by atoms with Crippen molar-refractivity contribution in [3.05, 3.63) is 53.6 Å². The van der Waals surface area contributed by atoms with E-state index < -0.39 is 10.0 Å². The zero-order chi connectivity index (χ0) is 23.4. The molecule has 2 heterocycles. The van der Waals surface area contributed by atoms with Gasteiger partial charge in [0.25, 0.3) is 15.9 Å². The second kappa shape index (κ2) is 10.1. The van der Waals surface area contributed by atoms with Gasteiger partial charge in [-0.2, -0.15) is 0 Å². The van der Waals surface area contributed by atoms with Crippen molar-refractivity contribution in [3.63, 3.8) is 0 Å². The fraction of sp³-hybridized carbons (Fsp3) is 0.458. The molecule has 2 aliphatic heterocycles. The summed E-state index contributed by atoms with van der Waals surface area (Å²) in [6.07, 6.45) is 0. The van der Waals surface area contributed by atoms with E-state index in [1.807, 2.05) is 18.2 Å². The number of anilines is 2. The molecule has 8 nitrogen and oxygen atoms in total. The molecule has 0 aliphatic carbocycles. The third kappa shape index (κ3) is 5.48. The lowest BCUT2D eigenvalue weighted by Crippen LogP contribution is -2.44. The van der Waals surface area contributed by atoms with Crippen LogP contribution in [0.15, 0.2) is 47.4 Å². The molecule has 0 unspecified atom stereocenters. The summed E-state index contributed by atoms with van der Waals surface area (Å²) in [5.41, 5.74) is 2.73. The summed E-state index contributed by atoms with van der Waals surface area (Å²) in [4.78, 5) is 17.1. The van der Waals surface area contributed by atoms with Crippen LogP contribution in [0.1, 0.15) is 35.7 Å². The zero-order valence-electron chi connectivity index (χ0n) is 19.2. The van der Waals surface area contributed by atoms with E-state index in [0.29, 0.717) is 43.5 Å². The molecule has 0 atom stereocenters. The monoisotopic (exact) mass is 472 g/mol. The Morgan fingerprint density at radius 3 is 2.30 bits per heavy atom. The van der Waals surface area contributed by atoms with Gasteiger partial charge in [0.05, 0.1) is 29.5 Å². The molecular formula is C24H32N4O4S. The number of piperazine rings is 1. The van der Waals surface area contributed by atoms with Gasteiger partial charge >= 0.3 is 0 Å². The summed E-state index contributed by atoms with van der Waals surface area (Å²) in [6, 6.07) is 12.2. The fourth-order valence-electron chi connectivity index (χ4n) is 4.12. The summed E-state index contributed by atoms with van der Waals surface area (Å²) < 4.78 is 34.6.